The van der Waals surface area contributed by atoms with E-state index in [0.717, 1.165) is 11.0 Å². The molecular weight excluding hydrogens is 299 g/mol. The minimum atomic E-state index is -1.54. The third kappa shape index (κ3) is 3.43. The SMILES string of the molecule is C[Si](C)(C)c1n[nH]nc1C=Nc1cc(Cl)ccc1Cl. The van der Waals surface area contributed by atoms with Gasteiger partial charge in [0.1, 0.15) is 13.8 Å². The molecule has 1 N–H and O–H groups in total. The summed E-state index contributed by atoms with van der Waals surface area (Å²) in [6.07, 6.45) is 1.68. The summed E-state index contributed by atoms with van der Waals surface area (Å²) in [5, 5.41) is 13.1. The molecule has 0 radical (unpaired) electrons. The molecule has 0 saturated heterocycles. The molecule has 1 aromatic carbocycles. The van der Waals surface area contributed by atoms with Crippen LogP contribution in [-0.4, -0.2) is 29.7 Å². The van der Waals surface area contributed by atoms with Crippen molar-refractivity contribution in [2.45, 2.75) is 19.6 Å². The molecule has 2 aromatic rings. The Labute approximate surface area is 122 Å². The maximum Gasteiger partial charge on any atom is 0.122 e. The van der Waals surface area contributed by atoms with E-state index in [9.17, 15) is 0 Å². The lowest BCUT2D eigenvalue weighted by Gasteiger charge is -2.11. The molecule has 0 aliphatic carbocycles. The lowest BCUT2D eigenvalue weighted by atomic mass is 10.3. The quantitative estimate of drug-likeness (QED) is 0.697. The predicted octanol–water partition coefficient (Wildman–Crippen LogP) is 3.41. The van der Waals surface area contributed by atoms with Gasteiger partial charge in [0, 0.05) is 5.02 Å². The lowest BCUT2D eigenvalue weighted by Crippen LogP contribution is -2.41. The Hall–Kier alpha value is -1.17. The Morgan fingerprint density at radius 1 is 1.21 bits per heavy atom. The average Bonchev–Trinajstić information content (AvgIpc) is 2.78. The van der Waals surface area contributed by atoms with Gasteiger partial charge in [0.15, 0.2) is 0 Å². The first-order chi connectivity index (χ1) is 8.88. The highest BCUT2D eigenvalue weighted by molar-refractivity contribution is 6.88. The molecule has 0 bridgehead atoms. The van der Waals surface area contributed by atoms with Gasteiger partial charge in [0.2, 0.25) is 0 Å². The summed E-state index contributed by atoms with van der Waals surface area (Å²) in [6, 6.07) is 5.17. The van der Waals surface area contributed by atoms with E-state index in [2.05, 4.69) is 40.0 Å². The van der Waals surface area contributed by atoms with Gasteiger partial charge in [-0.05, 0) is 18.2 Å². The first-order valence-corrected chi connectivity index (χ1v) is 10.0. The van der Waals surface area contributed by atoms with Crippen molar-refractivity contribution in [3.05, 3.63) is 33.9 Å². The van der Waals surface area contributed by atoms with Crippen LogP contribution in [-0.2, 0) is 0 Å². The highest BCUT2D eigenvalue weighted by atomic mass is 35.5. The molecule has 1 aromatic heterocycles. The van der Waals surface area contributed by atoms with Gasteiger partial charge in [-0.2, -0.15) is 15.4 Å². The molecule has 0 aliphatic rings. The summed E-state index contributed by atoms with van der Waals surface area (Å²) in [4.78, 5) is 4.34. The van der Waals surface area contributed by atoms with Gasteiger partial charge in [0.25, 0.3) is 0 Å². The van der Waals surface area contributed by atoms with Gasteiger partial charge < -0.3 is 0 Å². The molecule has 7 heteroatoms. The van der Waals surface area contributed by atoms with Gasteiger partial charge in [-0.15, -0.1) is 0 Å². The number of benzene rings is 1. The molecule has 0 spiro atoms. The number of aliphatic imine (C=N–C) groups is 1. The number of H-pyrrole nitrogens is 1. The van der Waals surface area contributed by atoms with Crippen LogP contribution in [0.25, 0.3) is 0 Å². The maximum absolute atomic E-state index is 6.06. The monoisotopic (exact) mass is 312 g/mol. The van der Waals surface area contributed by atoms with E-state index in [1.807, 2.05) is 0 Å². The summed E-state index contributed by atoms with van der Waals surface area (Å²) in [5.74, 6) is 0. The molecule has 1 heterocycles. The first kappa shape index (κ1) is 14.2. The fraction of sp³-hybridized carbons (Fsp3) is 0.250. The molecule has 0 aliphatic heterocycles. The van der Waals surface area contributed by atoms with Crippen molar-refractivity contribution in [2.24, 2.45) is 4.99 Å². The normalized spacial score (nSPS) is 12.3. The van der Waals surface area contributed by atoms with Crippen LogP contribution < -0.4 is 5.32 Å². The number of nitrogens with one attached hydrogen (secondary N) is 1. The Bertz CT molecular complexity index is 616. The van der Waals surface area contributed by atoms with Crippen LogP contribution in [0, 0.1) is 0 Å². The van der Waals surface area contributed by atoms with Crippen LogP contribution in [0.4, 0.5) is 5.69 Å². The summed E-state index contributed by atoms with van der Waals surface area (Å²) in [7, 11) is -1.54. The largest absolute Gasteiger partial charge is 0.253 e. The minimum absolute atomic E-state index is 0.554. The van der Waals surface area contributed by atoms with Crippen molar-refractivity contribution in [2.75, 3.05) is 0 Å². The zero-order valence-electron chi connectivity index (χ0n) is 10.9. The second-order valence-corrected chi connectivity index (χ2v) is 11.0. The number of halogens is 2. The van der Waals surface area contributed by atoms with E-state index in [4.69, 9.17) is 23.2 Å². The van der Waals surface area contributed by atoms with Crippen molar-refractivity contribution < 1.29 is 0 Å². The number of aromatic nitrogens is 3. The van der Waals surface area contributed by atoms with Crippen LogP contribution in [0.15, 0.2) is 23.2 Å². The van der Waals surface area contributed by atoms with E-state index in [0.29, 0.717) is 15.7 Å². The number of aromatic amines is 1. The molecule has 0 amide bonds. The van der Waals surface area contributed by atoms with E-state index >= 15 is 0 Å². The van der Waals surface area contributed by atoms with Crippen molar-refractivity contribution >= 4 is 48.5 Å². The van der Waals surface area contributed by atoms with Crippen LogP contribution in [0.5, 0.6) is 0 Å². The minimum Gasteiger partial charge on any atom is -0.253 e. The predicted molar refractivity (Wildman–Crippen MR) is 83.1 cm³/mol. The van der Waals surface area contributed by atoms with Gasteiger partial charge in [-0.1, -0.05) is 42.8 Å². The Morgan fingerprint density at radius 2 is 1.95 bits per heavy atom. The zero-order chi connectivity index (χ0) is 14.0. The molecule has 0 fully saturated rings. The summed E-state index contributed by atoms with van der Waals surface area (Å²) in [6.45, 7) is 6.61. The van der Waals surface area contributed by atoms with Gasteiger partial charge in [0.05, 0.1) is 22.2 Å². The number of nitrogens with zero attached hydrogens (tertiary/aromatic N) is 3. The van der Waals surface area contributed by atoms with Crippen molar-refractivity contribution in [3.63, 3.8) is 0 Å². The average molecular weight is 313 g/mol. The fourth-order valence-electron chi connectivity index (χ4n) is 1.60. The topological polar surface area (TPSA) is 53.9 Å². The molecule has 0 saturated carbocycles. The Kier molecular flexibility index (Phi) is 4.08. The smallest absolute Gasteiger partial charge is 0.122 e. The van der Waals surface area contributed by atoms with Crippen molar-refractivity contribution in [1.82, 2.24) is 15.4 Å². The van der Waals surface area contributed by atoms with Gasteiger partial charge in [-0.25, -0.2) is 0 Å². The van der Waals surface area contributed by atoms with Crippen LogP contribution >= 0.6 is 23.2 Å². The number of hydrogen-bond acceptors (Lipinski definition) is 3. The molecule has 19 heavy (non-hydrogen) atoms. The van der Waals surface area contributed by atoms with Crippen LogP contribution in [0.1, 0.15) is 5.69 Å². The maximum atomic E-state index is 6.06. The van der Waals surface area contributed by atoms with Gasteiger partial charge >= 0.3 is 0 Å². The summed E-state index contributed by atoms with van der Waals surface area (Å²) < 4.78 is 0. The van der Waals surface area contributed by atoms with Gasteiger partial charge in [-0.3, -0.25) is 4.99 Å². The molecule has 4 nitrogen and oxygen atoms in total. The van der Waals surface area contributed by atoms with E-state index < -0.39 is 8.07 Å². The van der Waals surface area contributed by atoms with E-state index in [-0.39, 0.29) is 0 Å². The molecule has 0 atom stereocenters. The number of rotatable bonds is 3. The molecule has 2 rings (SSSR count). The second-order valence-electron chi connectivity index (χ2n) is 5.16. The molecular formula is C12H14Cl2N4Si. The fourth-order valence-corrected chi connectivity index (χ4v) is 3.20. The standard InChI is InChI=1S/C12H14Cl2N4Si/c1-19(2,3)12-11(16-18-17-12)7-15-10-6-8(13)4-5-9(10)14/h4-7H,1-3H3,(H,16,17,18). The molecule has 100 valence electrons. The highest BCUT2D eigenvalue weighted by Gasteiger charge is 2.23. The van der Waals surface area contributed by atoms with Crippen molar-refractivity contribution in [1.29, 1.82) is 0 Å². The Balaban J connectivity index is 2.34. The van der Waals surface area contributed by atoms with Crippen molar-refractivity contribution in [3.8, 4) is 0 Å². The molecule has 0 unspecified atom stereocenters. The highest BCUT2D eigenvalue weighted by Crippen LogP contribution is 2.27. The third-order valence-electron chi connectivity index (χ3n) is 2.52. The third-order valence-corrected chi connectivity index (χ3v) is 4.86. The second kappa shape index (κ2) is 5.44. The van der Waals surface area contributed by atoms with Crippen LogP contribution in [0.3, 0.4) is 0 Å². The lowest BCUT2D eigenvalue weighted by molar-refractivity contribution is 0.942. The number of hydrogen-bond donors (Lipinski definition) is 1. The first-order valence-electron chi connectivity index (χ1n) is 5.78. The van der Waals surface area contributed by atoms with E-state index in [1.165, 1.54) is 0 Å². The Morgan fingerprint density at radius 3 is 2.63 bits per heavy atom. The summed E-state index contributed by atoms with van der Waals surface area (Å²) >= 11 is 12.0. The van der Waals surface area contributed by atoms with Crippen LogP contribution in [0.2, 0.25) is 29.7 Å². The summed E-state index contributed by atoms with van der Waals surface area (Å²) in [5.41, 5.74) is 1.38. The zero-order valence-corrected chi connectivity index (χ0v) is 13.4. The van der Waals surface area contributed by atoms with E-state index in [1.54, 1.807) is 24.4 Å².